The van der Waals surface area contributed by atoms with E-state index in [1.165, 1.54) is 32.3 Å². The van der Waals surface area contributed by atoms with Crippen LogP contribution in [0, 0.1) is 0 Å². The fourth-order valence-electron chi connectivity index (χ4n) is 4.22. The smallest absolute Gasteiger partial charge is 0.322 e. The Kier molecular flexibility index (Phi) is 3.89. The lowest BCUT2D eigenvalue weighted by Crippen LogP contribution is -2.30. The molecule has 0 unspecified atom stereocenters. The fraction of sp³-hybridized carbons (Fsp3) is 0.0800. The van der Waals surface area contributed by atoms with Crippen LogP contribution in [0.25, 0.3) is 32.1 Å². The molecular weight excluding hydrogens is 390 g/mol. The standard InChI is InChI=1S/C25H19N3OS/c29-25(27-23-13-26-22-4-2-1-3-21(22)23)28-14-19-8-7-17(11-20(19)15-28)18-6-5-16-9-10-30-24(16)12-18/h1-13,26H,14-15H2,(H,27,29). The summed E-state index contributed by atoms with van der Waals surface area (Å²) < 4.78 is 1.30. The highest BCUT2D eigenvalue weighted by Crippen LogP contribution is 2.32. The largest absolute Gasteiger partial charge is 0.359 e. The summed E-state index contributed by atoms with van der Waals surface area (Å²) in [6.07, 6.45) is 1.85. The first-order chi connectivity index (χ1) is 14.7. The van der Waals surface area contributed by atoms with Crippen LogP contribution in [0.1, 0.15) is 11.1 Å². The van der Waals surface area contributed by atoms with Crippen molar-refractivity contribution in [1.29, 1.82) is 0 Å². The van der Waals surface area contributed by atoms with Crippen molar-refractivity contribution in [3.05, 3.63) is 89.4 Å². The van der Waals surface area contributed by atoms with Gasteiger partial charge in [-0.15, -0.1) is 11.3 Å². The van der Waals surface area contributed by atoms with Crippen molar-refractivity contribution >= 4 is 44.0 Å². The molecule has 2 aromatic heterocycles. The number of nitrogens with zero attached hydrogens (tertiary/aromatic N) is 1. The van der Waals surface area contributed by atoms with E-state index in [1.807, 2.05) is 35.4 Å². The van der Waals surface area contributed by atoms with Crippen LogP contribution in [0.4, 0.5) is 10.5 Å². The van der Waals surface area contributed by atoms with Crippen LogP contribution >= 0.6 is 11.3 Å². The van der Waals surface area contributed by atoms with Crippen LogP contribution in [0.3, 0.4) is 0 Å². The number of thiophene rings is 1. The zero-order valence-corrected chi connectivity index (χ0v) is 17.0. The van der Waals surface area contributed by atoms with Gasteiger partial charge in [-0.25, -0.2) is 4.79 Å². The van der Waals surface area contributed by atoms with Crippen molar-refractivity contribution < 1.29 is 4.79 Å². The molecule has 0 radical (unpaired) electrons. The third kappa shape index (κ3) is 2.86. The maximum absolute atomic E-state index is 12.9. The molecule has 0 fully saturated rings. The first-order valence-corrected chi connectivity index (χ1v) is 10.8. The van der Waals surface area contributed by atoms with E-state index in [4.69, 9.17) is 0 Å². The van der Waals surface area contributed by atoms with Crippen LogP contribution in [0.5, 0.6) is 0 Å². The lowest BCUT2D eigenvalue weighted by atomic mass is 10.0. The molecular formula is C25H19N3OS. The molecule has 0 saturated heterocycles. The first-order valence-electron chi connectivity index (χ1n) is 9.96. The second-order valence-electron chi connectivity index (χ2n) is 7.69. The monoisotopic (exact) mass is 409 g/mol. The Morgan fingerprint density at radius 1 is 0.933 bits per heavy atom. The molecule has 6 rings (SSSR count). The fourth-order valence-corrected chi connectivity index (χ4v) is 5.05. The average molecular weight is 410 g/mol. The van der Waals surface area contributed by atoms with E-state index in [0.717, 1.165) is 16.6 Å². The summed E-state index contributed by atoms with van der Waals surface area (Å²) in [6.45, 7) is 1.26. The van der Waals surface area contributed by atoms with E-state index in [9.17, 15) is 4.79 Å². The van der Waals surface area contributed by atoms with Crippen LogP contribution in [0.15, 0.2) is 78.3 Å². The number of H-pyrrole nitrogens is 1. The number of nitrogens with one attached hydrogen (secondary N) is 2. The number of benzene rings is 3. The summed E-state index contributed by atoms with van der Waals surface area (Å²) in [5.41, 5.74) is 6.68. The molecule has 0 atom stereocenters. The highest BCUT2D eigenvalue weighted by molar-refractivity contribution is 7.17. The van der Waals surface area contributed by atoms with Crippen molar-refractivity contribution in [2.45, 2.75) is 13.1 Å². The van der Waals surface area contributed by atoms with Gasteiger partial charge in [0, 0.05) is 34.9 Å². The van der Waals surface area contributed by atoms with Gasteiger partial charge in [-0.3, -0.25) is 0 Å². The number of rotatable bonds is 2. The van der Waals surface area contributed by atoms with Gasteiger partial charge in [0.15, 0.2) is 0 Å². The van der Waals surface area contributed by atoms with Gasteiger partial charge >= 0.3 is 6.03 Å². The van der Waals surface area contributed by atoms with Crippen molar-refractivity contribution in [3.63, 3.8) is 0 Å². The Morgan fingerprint density at radius 3 is 2.73 bits per heavy atom. The molecule has 2 amide bonds. The van der Waals surface area contributed by atoms with E-state index < -0.39 is 0 Å². The first kappa shape index (κ1) is 17.3. The maximum atomic E-state index is 12.9. The zero-order chi connectivity index (χ0) is 20.1. The lowest BCUT2D eigenvalue weighted by Gasteiger charge is -2.16. The molecule has 5 heteroatoms. The Morgan fingerprint density at radius 2 is 1.77 bits per heavy atom. The Bertz CT molecular complexity index is 1410. The maximum Gasteiger partial charge on any atom is 0.322 e. The summed E-state index contributed by atoms with van der Waals surface area (Å²) >= 11 is 1.76. The van der Waals surface area contributed by atoms with Gasteiger partial charge in [-0.05, 0) is 57.3 Å². The van der Waals surface area contributed by atoms with E-state index in [-0.39, 0.29) is 6.03 Å². The minimum absolute atomic E-state index is 0.0718. The van der Waals surface area contributed by atoms with E-state index in [1.54, 1.807) is 11.3 Å². The van der Waals surface area contributed by atoms with Gasteiger partial charge in [-0.1, -0.05) is 42.5 Å². The molecule has 3 heterocycles. The van der Waals surface area contributed by atoms with Crippen molar-refractivity contribution in [2.75, 3.05) is 5.32 Å². The van der Waals surface area contributed by atoms with Crippen molar-refractivity contribution in [3.8, 4) is 11.1 Å². The number of aromatic nitrogens is 1. The van der Waals surface area contributed by atoms with Crippen molar-refractivity contribution in [1.82, 2.24) is 9.88 Å². The predicted octanol–water partition coefficient (Wildman–Crippen LogP) is 6.60. The van der Waals surface area contributed by atoms with Crippen LogP contribution < -0.4 is 5.32 Å². The summed E-state index contributed by atoms with van der Waals surface area (Å²) in [4.78, 5) is 18.0. The highest BCUT2D eigenvalue weighted by Gasteiger charge is 2.24. The van der Waals surface area contributed by atoms with Gasteiger partial charge in [-0.2, -0.15) is 0 Å². The average Bonchev–Trinajstić information content (AvgIpc) is 3.50. The minimum atomic E-state index is -0.0718. The number of hydrogen-bond donors (Lipinski definition) is 2. The number of para-hydroxylation sites is 1. The summed E-state index contributed by atoms with van der Waals surface area (Å²) in [5, 5.41) is 7.49. The molecule has 3 aromatic carbocycles. The summed E-state index contributed by atoms with van der Waals surface area (Å²) in [5.74, 6) is 0. The third-order valence-electron chi connectivity index (χ3n) is 5.84. The lowest BCUT2D eigenvalue weighted by molar-refractivity contribution is 0.212. The van der Waals surface area contributed by atoms with Gasteiger partial charge in [0.25, 0.3) is 0 Å². The number of hydrogen-bond acceptors (Lipinski definition) is 2. The molecule has 30 heavy (non-hydrogen) atoms. The van der Waals surface area contributed by atoms with Gasteiger partial charge in [0.1, 0.15) is 0 Å². The topological polar surface area (TPSA) is 48.1 Å². The summed E-state index contributed by atoms with van der Waals surface area (Å²) in [7, 11) is 0. The van der Waals surface area contributed by atoms with Crippen LogP contribution in [-0.2, 0) is 13.1 Å². The molecule has 0 spiro atoms. The normalized spacial score (nSPS) is 13.1. The zero-order valence-electron chi connectivity index (χ0n) is 16.2. The summed E-state index contributed by atoms with van der Waals surface area (Å²) in [6, 6.07) is 23.2. The molecule has 0 bridgehead atoms. The Labute approximate surface area is 177 Å². The molecule has 5 aromatic rings. The molecule has 4 nitrogen and oxygen atoms in total. The van der Waals surface area contributed by atoms with Crippen LogP contribution in [-0.4, -0.2) is 15.9 Å². The Balaban J connectivity index is 1.23. The molecule has 1 aliphatic heterocycles. The number of anilines is 1. The van der Waals surface area contributed by atoms with E-state index >= 15 is 0 Å². The molecule has 1 aliphatic rings. The van der Waals surface area contributed by atoms with Gasteiger partial charge < -0.3 is 15.2 Å². The van der Waals surface area contributed by atoms with Gasteiger partial charge in [0.05, 0.1) is 5.69 Å². The molecule has 2 N–H and O–H groups in total. The van der Waals surface area contributed by atoms with Crippen LogP contribution in [0.2, 0.25) is 0 Å². The van der Waals surface area contributed by atoms with E-state index in [2.05, 4.69) is 58.1 Å². The molecule has 146 valence electrons. The number of urea groups is 1. The van der Waals surface area contributed by atoms with Crippen molar-refractivity contribution in [2.24, 2.45) is 0 Å². The Hall–Kier alpha value is -3.57. The quantitative estimate of drug-likeness (QED) is 0.339. The number of aromatic amines is 1. The number of carbonyl (C=O) groups excluding carboxylic acids is 1. The predicted molar refractivity (Wildman–Crippen MR) is 124 cm³/mol. The SMILES string of the molecule is O=C(Nc1c[nH]c2ccccc12)N1Cc2ccc(-c3ccc4ccsc4c3)cc2C1. The number of carbonyl (C=O) groups is 1. The number of fused-ring (bicyclic) bond motifs is 3. The second kappa shape index (κ2) is 6.75. The highest BCUT2D eigenvalue weighted by atomic mass is 32.1. The third-order valence-corrected chi connectivity index (χ3v) is 6.72. The molecule has 0 saturated carbocycles. The van der Waals surface area contributed by atoms with E-state index in [0.29, 0.717) is 13.1 Å². The molecule has 0 aliphatic carbocycles. The minimum Gasteiger partial charge on any atom is -0.359 e. The van der Waals surface area contributed by atoms with Gasteiger partial charge in [0.2, 0.25) is 0 Å². The second-order valence-corrected chi connectivity index (χ2v) is 8.64. The number of amides is 2.